The summed E-state index contributed by atoms with van der Waals surface area (Å²) in [7, 11) is -1.52. The monoisotopic (exact) mass is 220 g/mol. The molecule has 0 aromatic heterocycles. The van der Waals surface area contributed by atoms with Gasteiger partial charge in [-0.05, 0) is 12.5 Å². The van der Waals surface area contributed by atoms with Gasteiger partial charge in [-0.25, -0.2) is 0 Å². The predicted molar refractivity (Wildman–Crippen MR) is 68.5 cm³/mol. The smallest absolute Gasteiger partial charge is 0.104 e. The summed E-state index contributed by atoms with van der Waals surface area (Å²) in [6.07, 6.45) is 0. The van der Waals surface area contributed by atoms with E-state index in [4.69, 9.17) is 0 Å². The number of hydrogen-bond acceptors (Lipinski definition) is 1. The van der Waals surface area contributed by atoms with Gasteiger partial charge in [-0.1, -0.05) is 55.2 Å². The zero-order valence-electron chi connectivity index (χ0n) is 10.0. The quantitative estimate of drug-likeness (QED) is 0.775. The maximum absolute atomic E-state index is 10.5. The van der Waals surface area contributed by atoms with Crippen molar-refractivity contribution in [3.05, 3.63) is 47.7 Å². The Bertz CT molecular complexity index is 347. The van der Waals surface area contributed by atoms with E-state index in [9.17, 15) is 5.11 Å². The van der Waals surface area contributed by atoms with E-state index < -0.39 is 13.7 Å². The third-order valence-electron chi connectivity index (χ3n) is 2.83. The fourth-order valence-electron chi connectivity index (χ4n) is 1.67. The minimum absolute atomic E-state index is 0.897. The molecule has 1 atom stereocenters. The molecule has 1 aromatic rings. The highest BCUT2D eigenvalue weighted by molar-refractivity contribution is 6.83. The lowest BCUT2D eigenvalue weighted by atomic mass is 9.96. The van der Waals surface area contributed by atoms with E-state index in [0.717, 1.165) is 10.8 Å². The molecule has 0 radical (unpaired) electrons. The van der Waals surface area contributed by atoms with Gasteiger partial charge in [0.25, 0.3) is 0 Å². The largest absolute Gasteiger partial charge is 0.381 e. The van der Waals surface area contributed by atoms with Gasteiger partial charge >= 0.3 is 0 Å². The summed E-state index contributed by atoms with van der Waals surface area (Å²) in [5, 5.41) is 11.5. The molecule has 0 aliphatic heterocycles. The SMILES string of the molecule is C=C(C(C)(O)c1ccccc1)[Si](C)(C)C. The molecular formula is C13H20OSi. The molecule has 0 aliphatic rings. The molecule has 0 saturated heterocycles. The molecule has 1 rings (SSSR count). The molecule has 82 valence electrons. The molecular weight excluding hydrogens is 200 g/mol. The second-order valence-corrected chi connectivity index (χ2v) is 10.3. The van der Waals surface area contributed by atoms with E-state index >= 15 is 0 Å². The first-order valence-electron chi connectivity index (χ1n) is 5.24. The minimum atomic E-state index is -1.52. The summed E-state index contributed by atoms with van der Waals surface area (Å²) in [5.74, 6) is 0. The summed E-state index contributed by atoms with van der Waals surface area (Å²) in [4.78, 5) is 0. The lowest BCUT2D eigenvalue weighted by Gasteiger charge is -2.33. The van der Waals surface area contributed by atoms with Crippen molar-refractivity contribution in [2.75, 3.05) is 0 Å². The van der Waals surface area contributed by atoms with Gasteiger partial charge in [0.1, 0.15) is 5.60 Å². The third kappa shape index (κ3) is 2.58. The van der Waals surface area contributed by atoms with Crippen LogP contribution in [0.2, 0.25) is 19.6 Å². The van der Waals surface area contributed by atoms with Crippen LogP contribution in [0, 0.1) is 0 Å². The second kappa shape index (κ2) is 3.95. The van der Waals surface area contributed by atoms with Crippen LogP contribution < -0.4 is 0 Å². The Balaban J connectivity index is 3.09. The lowest BCUT2D eigenvalue weighted by Crippen LogP contribution is -2.37. The van der Waals surface area contributed by atoms with Crippen LogP contribution in [0.3, 0.4) is 0 Å². The Morgan fingerprint density at radius 1 is 1.20 bits per heavy atom. The van der Waals surface area contributed by atoms with E-state index in [-0.39, 0.29) is 0 Å². The van der Waals surface area contributed by atoms with Crippen molar-refractivity contribution in [3.8, 4) is 0 Å². The van der Waals surface area contributed by atoms with Crippen molar-refractivity contribution in [1.82, 2.24) is 0 Å². The standard InChI is InChI=1S/C13H20OSi/c1-11(15(3,4)5)13(2,14)12-9-7-6-8-10-12/h6-10,14H,1H2,2-5H3. The Morgan fingerprint density at radius 2 is 1.67 bits per heavy atom. The molecule has 0 aliphatic carbocycles. The van der Waals surface area contributed by atoms with Crippen molar-refractivity contribution < 1.29 is 5.11 Å². The zero-order chi connectivity index (χ0) is 11.7. The molecule has 2 heteroatoms. The molecule has 0 bridgehead atoms. The summed E-state index contributed by atoms with van der Waals surface area (Å²) >= 11 is 0. The fourth-order valence-corrected chi connectivity index (χ4v) is 3.27. The van der Waals surface area contributed by atoms with E-state index in [2.05, 4.69) is 26.2 Å². The maximum Gasteiger partial charge on any atom is 0.104 e. The summed E-state index contributed by atoms with van der Waals surface area (Å²) in [5.41, 5.74) is 0.0311. The first-order valence-corrected chi connectivity index (χ1v) is 8.74. The predicted octanol–water partition coefficient (Wildman–Crippen LogP) is 3.33. The molecule has 0 fully saturated rings. The fraction of sp³-hybridized carbons (Fsp3) is 0.385. The average Bonchev–Trinajstić information content (AvgIpc) is 2.16. The van der Waals surface area contributed by atoms with Crippen molar-refractivity contribution in [2.45, 2.75) is 32.2 Å². The van der Waals surface area contributed by atoms with Gasteiger partial charge in [0.05, 0.1) is 8.07 Å². The van der Waals surface area contributed by atoms with Crippen LogP contribution >= 0.6 is 0 Å². The normalized spacial score (nSPS) is 15.8. The first kappa shape index (κ1) is 12.2. The minimum Gasteiger partial charge on any atom is -0.381 e. The van der Waals surface area contributed by atoms with Gasteiger partial charge in [-0.15, -0.1) is 6.58 Å². The molecule has 1 aromatic carbocycles. The molecule has 15 heavy (non-hydrogen) atoms. The van der Waals surface area contributed by atoms with Crippen LogP contribution in [0.15, 0.2) is 42.1 Å². The van der Waals surface area contributed by atoms with Crippen LogP contribution in [0.1, 0.15) is 12.5 Å². The highest BCUT2D eigenvalue weighted by atomic mass is 28.3. The molecule has 0 saturated carbocycles. The molecule has 1 nitrogen and oxygen atoms in total. The van der Waals surface area contributed by atoms with Gasteiger partial charge in [0.15, 0.2) is 0 Å². The van der Waals surface area contributed by atoms with Crippen molar-refractivity contribution in [2.24, 2.45) is 0 Å². The molecule has 0 amide bonds. The van der Waals surface area contributed by atoms with Gasteiger partial charge in [-0.3, -0.25) is 0 Å². The van der Waals surface area contributed by atoms with Gasteiger partial charge in [-0.2, -0.15) is 0 Å². The zero-order valence-corrected chi connectivity index (χ0v) is 11.0. The number of rotatable bonds is 3. The Hall–Kier alpha value is -0.863. The second-order valence-electron chi connectivity index (χ2n) is 5.17. The van der Waals surface area contributed by atoms with Crippen molar-refractivity contribution in [3.63, 3.8) is 0 Å². The number of aliphatic hydroxyl groups is 1. The van der Waals surface area contributed by atoms with E-state index in [1.807, 2.05) is 37.3 Å². The molecule has 1 N–H and O–H groups in total. The van der Waals surface area contributed by atoms with Gasteiger partial charge in [0, 0.05) is 0 Å². The number of hydrogen-bond donors (Lipinski definition) is 1. The molecule has 1 unspecified atom stereocenters. The van der Waals surface area contributed by atoms with Crippen molar-refractivity contribution in [1.29, 1.82) is 0 Å². The third-order valence-corrected chi connectivity index (χ3v) is 5.13. The van der Waals surface area contributed by atoms with E-state index in [0.29, 0.717) is 0 Å². The Kier molecular flexibility index (Phi) is 3.21. The Labute approximate surface area is 93.5 Å². The molecule has 0 heterocycles. The van der Waals surface area contributed by atoms with Crippen LogP contribution in [-0.2, 0) is 5.60 Å². The van der Waals surface area contributed by atoms with Gasteiger partial charge in [0.2, 0.25) is 0 Å². The van der Waals surface area contributed by atoms with E-state index in [1.165, 1.54) is 0 Å². The maximum atomic E-state index is 10.5. The Morgan fingerprint density at radius 3 is 2.07 bits per heavy atom. The lowest BCUT2D eigenvalue weighted by molar-refractivity contribution is 0.105. The average molecular weight is 220 g/mol. The van der Waals surface area contributed by atoms with Crippen LogP contribution in [0.5, 0.6) is 0 Å². The van der Waals surface area contributed by atoms with Crippen LogP contribution in [-0.4, -0.2) is 13.2 Å². The first-order chi connectivity index (χ1) is 6.76. The summed E-state index contributed by atoms with van der Waals surface area (Å²) in [6, 6.07) is 9.75. The summed E-state index contributed by atoms with van der Waals surface area (Å²) < 4.78 is 0. The highest BCUT2D eigenvalue weighted by Crippen LogP contribution is 2.33. The van der Waals surface area contributed by atoms with Crippen LogP contribution in [0.4, 0.5) is 0 Å². The van der Waals surface area contributed by atoms with Gasteiger partial charge < -0.3 is 5.11 Å². The van der Waals surface area contributed by atoms with Crippen LogP contribution in [0.25, 0.3) is 0 Å². The highest BCUT2D eigenvalue weighted by Gasteiger charge is 2.34. The number of benzene rings is 1. The van der Waals surface area contributed by atoms with E-state index in [1.54, 1.807) is 0 Å². The molecule has 0 spiro atoms. The van der Waals surface area contributed by atoms with Crippen molar-refractivity contribution >= 4 is 8.07 Å². The summed E-state index contributed by atoms with van der Waals surface area (Å²) in [6.45, 7) is 12.5. The topological polar surface area (TPSA) is 20.2 Å².